The van der Waals surface area contributed by atoms with E-state index in [4.69, 9.17) is 14.2 Å². The van der Waals surface area contributed by atoms with E-state index in [1.807, 2.05) is 13.8 Å². The summed E-state index contributed by atoms with van der Waals surface area (Å²) in [6.45, 7) is 13.0. The Bertz CT molecular complexity index is 246. The zero-order chi connectivity index (χ0) is 13.3. The van der Waals surface area contributed by atoms with Gasteiger partial charge in [-0.1, -0.05) is 13.5 Å². The van der Waals surface area contributed by atoms with Crippen LogP contribution in [0.25, 0.3) is 0 Å². The molecule has 0 saturated heterocycles. The second kappa shape index (κ2) is 8.25. The Kier molecular flexibility index (Phi) is 7.83. The van der Waals surface area contributed by atoms with Gasteiger partial charge in [0.05, 0.1) is 25.4 Å². The van der Waals surface area contributed by atoms with Crippen molar-refractivity contribution in [2.45, 2.75) is 39.7 Å². The Morgan fingerprint density at radius 2 is 1.76 bits per heavy atom. The summed E-state index contributed by atoms with van der Waals surface area (Å²) in [6, 6.07) is 0. The molecular weight excluding hydrogens is 220 g/mol. The lowest BCUT2D eigenvalue weighted by Crippen LogP contribution is -2.25. The maximum Gasteiger partial charge on any atom is 0.333 e. The number of carbonyl (C=O) groups excluding carboxylic acids is 1. The first kappa shape index (κ1) is 16.1. The third-order valence-corrected chi connectivity index (χ3v) is 2.38. The maximum absolute atomic E-state index is 11.0. The largest absolute Gasteiger partial charge is 0.460 e. The van der Waals surface area contributed by atoms with Gasteiger partial charge in [-0.05, 0) is 27.2 Å². The van der Waals surface area contributed by atoms with Gasteiger partial charge >= 0.3 is 5.97 Å². The van der Waals surface area contributed by atoms with Gasteiger partial charge in [-0.2, -0.15) is 0 Å². The minimum Gasteiger partial charge on any atom is -0.460 e. The Balaban J connectivity index is 3.36. The van der Waals surface area contributed by atoms with Gasteiger partial charge in [0.1, 0.15) is 6.61 Å². The van der Waals surface area contributed by atoms with E-state index < -0.39 is 0 Å². The smallest absolute Gasteiger partial charge is 0.333 e. The van der Waals surface area contributed by atoms with Gasteiger partial charge < -0.3 is 14.2 Å². The second-order valence-electron chi connectivity index (χ2n) is 4.49. The molecule has 0 atom stereocenters. The molecule has 0 aliphatic rings. The molecule has 4 heteroatoms. The quantitative estimate of drug-likeness (QED) is 0.355. The number of carbonyl (C=O) groups is 1. The van der Waals surface area contributed by atoms with Crippen molar-refractivity contribution in [1.29, 1.82) is 0 Å². The third kappa shape index (κ3) is 8.89. The number of ether oxygens (including phenoxy) is 3. The predicted molar refractivity (Wildman–Crippen MR) is 66.9 cm³/mol. The summed E-state index contributed by atoms with van der Waals surface area (Å²) >= 11 is 0. The van der Waals surface area contributed by atoms with Gasteiger partial charge in [0.25, 0.3) is 0 Å². The molecule has 0 aliphatic heterocycles. The van der Waals surface area contributed by atoms with Crippen LogP contribution in [0, 0.1) is 0 Å². The van der Waals surface area contributed by atoms with Gasteiger partial charge in [-0.3, -0.25) is 0 Å². The van der Waals surface area contributed by atoms with Crippen molar-refractivity contribution in [3.8, 4) is 0 Å². The first-order valence-electron chi connectivity index (χ1n) is 5.93. The Morgan fingerprint density at radius 3 is 2.29 bits per heavy atom. The molecule has 0 N–H and O–H groups in total. The van der Waals surface area contributed by atoms with E-state index in [0.717, 1.165) is 6.42 Å². The average molecular weight is 244 g/mol. The van der Waals surface area contributed by atoms with Crippen molar-refractivity contribution < 1.29 is 19.0 Å². The van der Waals surface area contributed by atoms with Crippen LogP contribution >= 0.6 is 0 Å². The van der Waals surface area contributed by atoms with Crippen molar-refractivity contribution in [1.82, 2.24) is 0 Å². The maximum atomic E-state index is 11.0. The highest BCUT2D eigenvalue weighted by Gasteiger charge is 2.14. The Hall–Kier alpha value is -0.870. The molecule has 0 aromatic heterocycles. The zero-order valence-corrected chi connectivity index (χ0v) is 11.4. The second-order valence-corrected chi connectivity index (χ2v) is 4.49. The summed E-state index contributed by atoms with van der Waals surface area (Å²) in [7, 11) is 0. The lowest BCUT2D eigenvalue weighted by atomic mass is 10.1. The monoisotopic (exact) mass is 244 g/mol. The van der Waals surface area contributed by atoms with E-state index in [1.54, 1.807) is 6.92 Å². The summed E-state index contributed by atoms with van der Waals surface area (Å²) in [5.74, 6) is -0.378. The molecule has 0 radical (unpaired) electrons. The first-order valence-corrected chi connectivity index (χ1v) is 5.93. The van der Waals surface area contributed by atoms with Crippen LogP contribution < -0.4 is 0 Å². The number of esters is 1. The molecule has 100 valence electrons. The van der Waals surface area contributed by atoms with Crippen molar-refractivity contribution in [2.75, 3.05) is 26.4 Å². The van der Waals surface area contributed by atoms with Crippen LogP contribution in [-0.2, 0) is 19.0 Å². The lowest BCUT2D eigenvalue weighted by molar-refractivity contribution is -0.140. The summed E-state index contributed by atoms with van der Waals surface area (Å²) in [4.78, 5) is 11.0. The summed E-state index contributed by atoms with van der Waals surface area (Å²) < 4.78 is 15.7. The standard InChI is InChI=1S/C13H24O4/c1-6-13(4,5)17-10-8-15-7-9-16-12(14)11(2)3/h2,6-10H2,1,3-5H3. The van der Waals surface area contributed by atoms with Crippen molar-refractivity contribution >= 4 is 5.97 Å². The first-order chi connectivity index (χ1) is 7.89. The molecule has 17 heavy (non-hydrogen) atoms. The van der Waals surface area contributed by atoms with Gasteiger partial charge in [-0.15, -0.1) is 0 Å². The Labute approximate surface area is 104 Å². The number of rotatable bonds is 9. The summed E-state index contributed by atoms with van der Waals surface area (Å²) in [5.41, 5.74) is 0.300. The van der Waals surface area contributed by atoms with E-state index in [-0.39, 0.29) is 18.2 Å². The average Bonchev–Trinajstić information content (AvgIpc) is 2.27. The minimum absolute atomic E-state index is 0.101. The molecule has 4 nitrogen and oxygen atoms in total. The summed E-state index contributed by atoms with van der Waals surface area (Å²) in [5, 5.41) is 0. The van der Waals surface area contributed by atoms with E-state index in [9.17, 15) is 4.79 Å². The lowest BCUT2D eigenvalue weighted by Gasteiger charge is -2.23. The molecule has 0 fully saturated rings. The molecule has 0 unspecified atom stereocenters. The molecular formula is C13H24O4. The fraction of sp³-hybridized carbons (Fsp3) is 0.769. The highest BCUT2D eigenvalue weighted by Crippen LogP contribution is 2.12. The molecule has 0 heterocycles. The fourth-order valence-corrected chi connectivity index (χ4v) is 0.897. The molecule has 0 aliphatic carbocycles. The van der Waals surface area contributed by atoms with E-state index in [0.29, 0.717) is 25.4 Å². The van der Waals surface area contributed by atoms with Crippen LogP contribution in [-0.4, -0.2) is 38.0 Å². The SMILES string of the molecule is C=C(C)C(=O)OCCOCCOC(C)(C)CC. The van der Waals surface area contributed by atoms with Crippen molar-refractivity contribution in [3.05, 3.63) is 12.2 Å². The van der Waals surface area contributed by atoms with Crippen LogP contribution in [0.3, 0.4) is 0 Å². The van der Waals surface area contributed by atoms with Crippen molar-refractivity contribution in [2.24, 2.45) is 0 Å². The highest BCUT2D eigenvalue weighted by molar-refractivity contribution is 5.86. The Morgan fingerprint density at radius 1 is 1.18 bits per heavy atom. The predicted octanol–water partition coefficient (Wildman–Crippen LogP) is 2.33. The summed E-state index contributed by atoms with van der Waals surface area (Å²) in [6.07, 6.45) is 0.962. The third-order valence-electron chi connectivity index (χ3n) is 2.38. The molecule has 0 bridgehead atoms. The van der Waals surface area contributed by atoms with Crippen LogP contribution in [0.1, 0.15) is 34.1 Å². The number of hydrogen-bond acceptors (Lipinski definition) is 4. The van der Waals surface area contributed by atoms with E-state index >= 15 is 0 Å². The van der Waals surface area contributed by atoms with Gasteiger partial charge in [0.2, 0.25) is 0 Å². The molecule has 0 aromatic rings. The van der Waals surface area contributed by atoms with Crippen LogP contribution in [0.15, 0.2) is 12.2 Å². The van der Waals surface area contributed by atoms with Gasteiger partial charge in [-0.25, -0.2) is 4.79 Å². The zero-order valence-electron chi connectivity index (χ0n) is 11.4. The molecule has 0 aromatic carbocycles. The highest BCUT2D eigenvalue weighted by atomic mass is 16.6. The molecule has 0 saturated carbocycles. The van der Waals surface area contributed by atoms with E-state index in [1.165, 1.54) is 0 Å². The van der Waals surface area contributed by atoms with E-state index in [2.05, 4.69) is 13.5 Å². The normalized spacial score (nSPS) is 11.3. The number of hydrogen-bond donors (Lipinski definition) is 0. The minimum atomic E-state index is -0.378. The molecule has 0 rings (SSSR count). The topological polar surface area (TPSA) is 44.8 Å². The van der Waals surface area contributed by atoms with Crippen LogP contribution in [0.2, 0.25) is 0 Å². The van der Waals surface area contributed by atoms with Crippen molar-refractivity contribution in [3.63, 3.8) is 0 Å². The molecule has 0 spiro atoms. The van der Waals surface area contributed by atoms with Crippen LogP contribution in [0.5, 0.6) is 0 Å². The van der Waals surface area contributed by atoms with Gasteiger partial charge in [0.15, 0.2) is 0 Å². The molecule has 0 amide bonds. The van der Waals surface area contributed by atoms with Crippen LogP contribution in [0.4, 0.5) is 0 Å². The fourth-order valence-electron chi connectivity index (χ4n) is 0.897. The van der Waals surface area contributed by atoms with Gasteiger partial charge in [0, 0.05) is 5.57 Å².